The number of nitrogens with one attached hydrogen (secondary N) is 2. The molecule has 2 saturated heterocycles. The van der Waals surface area contributed by atoms with E-state index < -0.39 is 17.5 Å². The summed E-state index contributed by atoms with van der Waals surface area (Å²) in [7, 11) is 0. The minimum atomic E-state index is -0.803. The first-order valence-electron chi connectivity index (χ1n) is 9.02. The maximum atomic E-state index is 12.3. The Labute approximate surface area is 159 Å². The van der Waals surface area contributed by atoms with Gasteiger partial charge in [0.15, 0.2) is 5.75 Å². The number of ether oxygens (including phenoxy) is 2. The number of imide groups is 1. The summed E-state index contributed by atoms with van der Waals surface area (Å²) < 4.78 is 12.4. The average Bonchev–Trinajstić information content (AvgIpc) is 3.17. The van der Waals surface area contributed by atoms with Gasteiger partial charge < -0.3 is 14.8 Å². The number of carbonyl (C=O) groups is 2. The Morgan fingerprint density at radius 3 is 2.68 bits per heavy atom. The number of hydrogen-bond donors (Lipinski definition) is 2. The van der Waals surface area contributed by atoms with Crippen molar-refractivity contribution in [2.75, 3.05) is 13.1 Å². The first kappa shape index (κ1) is 18.1. The zero-order valence-corrected chi connectivity index (χ0v) is 15.0. The molecule has 2 amide bonds. The van der Waals surface area contributed by atoms with Gasteiger partial charge in [-0.1, -0.05) is 0 Å². The first-order valence-corrected chi connectivity index (χ1v) is 9.02. The van der Waals surface area contributed by atoms with E-state index in [9.17, 15) is 14.4 Å². The summed E-state index contributed by atoms with van der Waals surface area (Å²) in [5.74, 6) is 0.281. The molecule has 146 valence electrons. The standard InChI is InChI=1S/C18H19N5O5/c24-15-3-2-14(18(26)22-15)23-17(25)7-13(10-21-23)27-11-1-4-16(20-9-11)28-12-5-6-19-8-12/h1,4,7,9-10,12,14,19H,2-3,5-6,8H2,(H,22,24,26)/t12-,14?/m0/s1. The van der Waals surface area contributed by atoms with Gasteiger partial charge in [0.25, 0.3) is 11.5 Å². The maximum absolute atomic E-state index is 12.3. The number of nitrogens with zero attached hydrogens (tertiary/aromatic N) is 3. The highest BCUT2D eigenvalue weighted by Crippen LogP contribution is 2.22. The van der Waals surface area contributed by atoms with E-state index in [1.165, 1.54) is 18.5 Å². The van der Waals surface area contributed by atoms with Crippen molar-refractivity contribution in [2.45, 2.75) is 31.4 Å². The molecule has 2 atom stereocenters. The Morgan fingerprint density at radius 1 is 1.11 bits per heavy atom. The van der Waals surface area contributed by atoms with Crippen molar-refractivity contribution in [3.63, 3.8) is 0 Å². The largest absolute Gasteiger partial charge is 0.473 e. The summed E-state index contributed by atoms with van der Waals surface area (Å²) in [5.41, 5.74) is -0.492. The summed E-state index contributed by atoms with van der Waals surface area (Å²) in [6.45, 7) is 1.73. The molecule has 2 aromatic rings. The predicted octanol–water partition coefficient (Wildman–Crippen LogP) is 0.149. The van der Waals surface area contributed by atoms with Crippen LogP contribution in [-0.4, -0.2) is 45.8 Å². The van der Waals surface area contributed by atoms with Crippen LogP contribution in [0.5, 0.6) is 17.4 Å². The van der Waals surface area contributed by atoms with Gasteiger partial charge in [0.1, 0.15) is 17.9 Å². The summed E-state index contributed by atoms with van der Waals surface area (Å²) in [4.78, 5) is 39.7. The van der Waals surface area contributed by atoms with Crippen LogP contribution in [0, 0.1) is 0 Å². The smallest absolute Gasteiger partial charge is 0.271 e. The molecule has 0 aliphatic carbocycles. The Hall–Kier alpha value is -3.27. The van der Waals surface area contributed by atoms with Gasteiger partial charge in [-0.2, -0.15) is 5.10 Å². The molecule has 0 bridgehead atoms. The predicted molar refractivity (Wildman–Crippen MR) is 96.1 cm³/mol. The molecule has 4 rings (SSSR count). The molecular formula is C18H19N5O5. The Morgan fingerprint density at radius 2 is 2.00 bits per heavy atom. The summed E-state index contributed by atoms with van der Waals surface area (Å²) in [6.07, 6.45) is 4.31. The van der Waals surface area contributed by atoms with E-state index in [0.29, 0.717) is 11.6 Å². The lowest BCUT2D eigenvalue weighted by Gasteiger charge is -2.21. The minimum absolute atomic E-state index is 0.114. The zero-order valence-electron chi connectivity index (χ0n) is 15.0. The zero-order chi connectivity index (χ0) is 19.5. The van der Waals surface area contributed by atoms with Crippen molar-refractivity contribution in [3.05, 3.63) is 40.9 Å². The molecule has 4 heterocycles. The molecule has 28 heavy (non-hydrogen) atoms. The Balaban J connectivity index is 1.42. The molecule has 1 unspecified atom stereocenters. The Bertz CT molecular complexity index is 936. The summed E-state index contributed by atoms with van der Waals surface area (Å²) in [6, 6.07) is 3.83. The number of hydrogen-bond acceptors (Lipinski definition) is 8. The summed E-state index contributed by atoms with van der Waals surface area (Å²) >= 11 is 0. The molecule has 10 nitrogen and oxygen atoms in total. The van der Waals surface area contributed by atoms with Gasteiger partial charge in [-0.3, -0.25) is 19.7 Å². The van der Waals surface area contributed by atoms with E-state index in [4.69, 9.17) is 9.47 Å². The van der Waals surface area contributed by atoms with Crippen molar-refractivity contribution < 1.29 is 19.1 Å². The van der Waals surface area contributed by atoms with Crippen molar-refractivity contribution in [3.8, 4) is 17.4 Å². The van der Waals surface area contributed by atoms with Crippen LogP contribution in [0.4, 0.5) is 0 Å². The van der Waals surface area contributed by atoms with Gasteiger partial charge in [0.2, 0.25) is 11.8 Å². The van der Waals surface area contributed by atoms with Crippen LogP contribution in [0.1, 0.15) is 25.3 Å². The van der Waals surface area contributed by atoms with E-state index in [-0.39, 0.29) is 30.6 Å². The van der Waals surface area contributed by atoms with Gasteiger partial charge in [-0.05, 0) is 25.5 Å². The molecule has 2 N–H and O–H groups in total. The molecule has 2 aliphatic heterocycles. The lowest BCUT2D eigenvalue weighted by Crippen LogP contribution is -2.45. The van der Waals surface area contributed by atoms with Gasteiger partial charge in [-0.25, -0.2) is 9.67 Å². The average molecular weight is 385 g/mol. The van der Waals surface area contributed by atoms with Crippen LogP contribution in [0.3, 0.4) is 0 Å². The van der Waals surface area contributed by atoms with Crippen molar-refractivity contribution in [1.29, 1.82) is 0 Å². The van der Waals surface area contributed by atoms with E-state index >= 15 is 0 Å². The van der Waals surface area contributed by atoms with Gasteiger partial charge in [0.05, 0.1) is 12.4 Å². The SMILES string of the molecule is O=C1CCC(n2ncc(Oc3ccc(O[C@H]4CCNC4)nc3)cc2=O)C(=O)N1. The highest BCUT2D eigenvalue weighted by molar-refractivity contribution is 5.99. The van der Waals surface area contributed by atoms with Gasteiger partial charge in [-0.15, -0.1) is 0 Å². The van der Waals surface area contributed by atoms with E-state index in [1.54, 1.807) is 12.1 Å². The second-order valence-corrected chi connectivity index (χ2v) is 6.61. The quantitative estimate of drug-likeness (QED) is 0.697. The molecule has 0 aromatic carbocycles. The molecular weight excluding hydrogens is 366 g/mol. The highest BCUT2D eigenvalue weighted by Gasteiger charge is 2.29. The minimum Gasteiger partial charge on any atom is -0.473 e. The topological polar surface area (TPSA) is 124 Å². The summed E-state index contributed by atoms with van der Waals surface area (Å²) in [5, 5.41) is 9.44. The number of aromatic nitrogens is 3. The van der Waals surface area contributed by atoms with Crippen LogP contribution < -0.4 is 25.7 Å². The fourth-order valence-corrected chi connectivity index (χ4v) is 3.14. The number of carbonyl (C=O) groups excluding carboxylic acids is 2. The van der Waals surface area contributed by atoms with Gasteiger partial charge in [0, 0.05) is 25.1 Å². The molecule has 0 radical (unpaired) electrons. The van der Waals surface area contributed by atoms with Crippen LogP contribution in [-0.2, 0) is 9.59 Å². The molecule has 0 saturated carbocycles. The highest BCUT2D eigenvalue weighted by atomic mass is 16.5. The molecule has 10 heteroatoms. The van der Waals surface area contributed by atoms with Crippen molar-refractivity contribution in [2.24, 2.45) is 0 Å². The molecule has 2 fully saturated rings. The number of piperidine rings is 1. The lowest BCUT2D eigenvalue weighted by atomic mass is 10.1. The lowest BCUT2D eigenvalue weighted by molar-refractivity contribution is -0.136. The number of amides is 2. The second kappa shape index (κ2) is 7.77. The molecule has 2 aromatic heterocycles. The third-order valence-electron chi connectivity index (χ3n) is 4.55. The van der Waals surface area contributed by atoms with E-state index in [1.807, 2.05) is 0 Å². The van der Waals surface area contributed by atoms with Crippen LogP contribution >= 0.6 is 0 Å². The third kappa shape index (κ3) is 4.01. The van der Waals surface area contributed by atoms with Crippen molar-refractivity contribution >= 4 is 11.8 Å². The van der Waals surface area contributed by atoms with Crippen LogP contribution in [0.15, 0.2) is 35.4 Å². The number of rotatable bonds is 5. The normalized spacial score (nSPS) is 22.0. The molecule has 0 spiro atoms. The fourth-order valence-electron chi connectivity index (χ4n) is 3.14. The van der Waals surface area contributed by atoms with Crippen LogP contribution in [0.25, 0.3) is 0 Å². The van der Waals surface area contributed by atoms with Crippen LogP contribution in [0.2, 0.25) is 0 Å². The maximum Gasteiger partial charge on any atom is 0.271 e. The number of pyridine rings is 1. The Kier molecular flexibility index (Phi) is 5.02. The monoisotopic (exact) mass is 385 g/mol. The first-order chi connectivity index (χ1) is 13.6. The van der Waals surface area contributed by atoms with E-state index in [2.05, 4.69) is 20.7 Å². The molecule has 2 aliphatic rings. The second-order valence-electron chi connectivity index (χ2n) is 6.61. The van der Waals surface area contributed by atoms with E-state index in [0.717, 1.165) is 24.2 Å². The van der Waals surface area contributed by atoms with Gasteiger partial charge >= 0.3 is 0 Å². The fraction of sp³-hybridized carbons (Fsp3) is 0.389. The third-order valence-corrected chi connectivity index (χ3v) is 4.55. The van der Waals surface area contributed by atoms with Crippen molar-refractivity contribution in [1.82, 2.24) is 25.4 Å².